The van der Waals surface area contributed by atoms with E-state index >= 15 is 0 Å². The van der Waals surface area contributed by atoms with Crippen LogP contribution in [0.15, 0.2) is 59.7 Å². The van der Waals surface area contributed by atoms with Gasteiger partial charge in [-0.25, -0.2) is 5.43 Å². The summed E-state index contributed by atoms with van der Waals surface area (Å²) in [5.74, 6) is 2.03. The lowest BCUT2D eigenvalue weighted by Gasteiger charge is -2.25. The number of hydrogen-bond acceptors (Lipinski definition) is 6. The summed E-state index contributed by atoms with van der Waals surface area (Å²) in [4.78, 5) is 12.5. The normalized spacial score (nSPS) is 15.3. The zero-order valence-electron chi connectivity index (χ0n) is 16.0. The van der Waals surface area contributed by atoms with E-state index in [0.717, 1.165) is 10.8 Å². The molecule has 1 N–H and O–H groups in total. The van der Waals surface area contributed by atoms with Gasteiger partial charge in [-0.15, -0.1) is 0 Å². The van der Waals surface area contributed by atoms with Crippen molar-refractivity contribution in [3.05, 3.63) is 60.2 Å². The monoisotopic (exact) mass is 392 g/mol. The third kappa shape index (κ3) is 3.94. The first-order chi connectivity index (χ1) is 14.2. The average Bonchev–Trinajstić information content (AvgIpc) is 2.77. The fourth-order valence-corrected chi connectivity index (χ4v) is 3.06. The van der Waals surface area contributed by atoms with Crippen LogP contribution >= 0.6 is 0 Å². The SMILES string of the molecule is COc1ccc(OC)c(/C=N\NC(=O)[C@H]2COc3cc4ccccc4cc3O2)c1. The van der Waals surface area contributed by atoms with Crippen molar-refractivity contribution < 1.29 is 23.7 Å². The zero-order chi connectivity index (χ0) is 20.2. The van der Waals surface area contributed by atoms with Crippen LogP contribution in [-0.2, 0) is 4.79 Å². The van der Waals surface area contributed by atoms with Crippen LogP contribution in [0.4, 0.5) is 0 Å². The Bertz CT molecular complexity index is 1080. The van der Waals surface area contributed by atoms with Gasteiger partial charge in [0, 0.05) is 5.56 Å². The van der Waals surface area contributed by atoms with Crippen molar-refractivity contribution in [3.8, 4) is 23.0 Å². The van der Waals surface area contributed by atoms with Crippen molar-refractivity contribution in [2.24, 2.45) is 5.10 Å². The molecular formula is C22H20N2O5. The number of nitrogens with zero attached hydrogens (tertiary/aromatic N) is 1. The second kappa shape index (κ2) is 8.10. The molecule has 0 aromatic heterocycles. The third-order valence-corrected chi connectivity index (χ3v) is 4.58. The van der Waals surface area contributed by atoms with E-state index in [1.807, 2.05) is 36.4 Å². The molecule has 0 aliphatic carbocycles. The minimum Gasteiger partial charge on any atom is -0.497 e. The molecule has 1 atom stereocenters. The number of carbonyl (C=O) groups is 1. The molecule has 0 saturated carbocycles. The van der Waals surface area contributed by atoms with Crippen LogP contribution in [0.1, 0.15) is 5.56 Å². The summed E-state index contributed by atoms with van der Waals surface area (Å²) in [5, 5.41) is 6.07. The van der Waals surface area contributed by atoms with E-state index in [1.54, 1.807) is 32.4 Å². The Labute approximate surface area is 167 Å². The minimum atomic E-state index is -0.798. The van der Waals surface area contributed by atoms with Gasteiger partial charge < -0.3 is 18.9 Å². The van der Waals surface area contributed by atoms with Crippen molar-refractivity contribution in [1.82, 2.24) is 5.43 Å². The second-order valence-electron chi connectivity index (χ2n) is 6.41. The Morgan fingerprint density at radius 2 is 1.83 bits per heavy atom. The molecule has 3 aromatic rings. The zero-order valence-corrected chi connectivity index (χ0v) is 16.0. The summed E-state index contributed by atoms with van der Waals surface area (Å²) in [5.41, 5.74) is 3.16. The Balaban J connectivity index is 1.45. The molecule has 7 heteroatoms. The average molecular weight is 392 g/mol. The van der Waals surface area contributed by atoms with Crippen LogP contribution < -0.4 is 24.4 Å². The van der Waals surface area contributed by atoms with Gasteiger partial charge in [0.25, 0.3) is 5.91 Å². The number of amides is 1. The van der Waals surface area contributed by atoms with Crippen molar-refractivity contribution in [1.29, 1.82) is 0 Å². The number of nitrogens with one attached hydrogen (secondary N) is 1. The molecule has 1 aliphatic rings. The van der Waals surface area contributed by atoms with Crippen LogP contribution in [0, 0.1) is 0 Å². The number of hydrazone groups is 1. The quantitative estimate of drug-likeness (QED) is 0.533. The number of ether oxygens (including phenoxy) is 4. The van der Waals surface area contributed by atoms with Gasteiger partial charge in [-0.3, -0.25) is 4.79 Å². The fraction of sp³-hybridized carbons (Fsp3) is 0.182. The summed E-state index contributed by atoms with van der Waals surface area (Å²) in [6.07, 6.45) is 0.692. The van der Waals surface area contributed by atoms with E-state index in [1.165, 1.54) is 6.21 Å². The minimum absolute atomic E-state index is 0.106. The topological polar surface area (TPSA) is 78.4 Å². The van der Waals surface area contributed by atoms with Gasteiger partial charge in [0.1, 0.15) is 18.1 Å². The molecule has 0 radical (unpaired) electrons. The molecule has 1 heterocycles. The molecular weight excluding hydrogens is 372 g/mol. The standard InChI is InChI=1S/C22H20N2O5/c1-26-17-7-8-18(27-2)16(9-17)12-23-24-22(25)21-13-28-19-10-14-5-3-4-6-15(14)11-20(19)29-21/h3-12,21H,13H2,1-2H3,(H,24,25)/b23-12-/t21-/m1/s1. The number of methoxy groups -OCH3 is 2. The number of fused-ring (bicyclic) bond motifs is 2. The number of carbonyl (C=O) groups excluding carboxylic acids is 1. The maximum Gasteiger partial charge on any atom is 0.284 e. The first-order valence-electron chi connectivity index (χ1n) is 9.05. The van der Waals surface area contributed by atoms with E-state index in [-0.39, 0.29) is 6.61 Å². The highest BCUT2D eigenvalue weighted by molar-refractivity contribution is 5.88. The Hall–Kier alpha value is -3.74. The third-order valence-electron chi connectivity index (χ3n) is 4.58. The lowest BCUT2D eigenvalue weighted by atomic mass is 10.1. The summed E-state index contributed by atoms with van der Waals surface area (Å²) in [6, 6.07) is 17.0. The van der Waals surface area contributed by atoms with Crippen molar-refractivity contribution in [2.45, 2.75) is 6.10 Å². The molecule has 0 unspecified atom stereocenters. The van der Waals surface area contributed by atoms with E-state index in [4.69, 9.17) is 18.9 Å². The molecule has 7 nitrogen and oxygen atoms in total. The first kappa shape index (κ1) is 18.6. The Morgan fingerprint density at radius 1 is 1.07 bits per heavy atom. The maximum absolute atomic E-state index is 12.5. The van der Waals surface area contributed by atoms with Crippen molar-refractivity contribution in [3.63, 3.8) is 0 Å². The summed E-state index contributed by atoms with van der Waals surface area (Å²) >= 11 is 0. The summed E-state index contributed by atoms with van der Waals surface area (Å²) in [7, 11) is 3.14. The van der Waals surface area contributed by atoms with Crippen molar-refractivity contribution in [2.75, 3.05) is 20.8 Å². The van der Waals surface area contributed by atoms with Crippen LogP contribution in [0.3, 0.4) is 0 Å². The molecule has 3 aromatic carbocycles. The van der Waals surface area contributed by atoms with E-state index < -0.39 is 12.0 Å². The van der Waals surface area contributed by atoms with Gasteiger partial charge in [0.2, 0.25) is 6.10 Å². The smallest absolute Gasteiger partial charge is 0.284 e. The number of rotatable bonds is 5. The molecule has 0 spiro atoms. The van der Waals surface area contributed by atoms with E-state index in [9.17, 15) is 4.79 Å². The van der Waals surface area contributed by atoms with Gasteiger partial charge in [-0.05, 0) is 41.1 Å². The van der Waals surface area contributed by atoms with Crippen LogP contribution in [0.25, 0.3) is 10.8 Å². The molecule has 148 valence electrons. The van der Waals surface area contributed by atoms with Crippen LogP contribution in [0.5, 0.6) is 23.0 Å². The molecule has 0 fully saturated rings. The van der Waals surface area contributed by atoms with Crippen LogP contribution in [-0.4, -0.2) is 39.1 Å². The highest BCUT2D eigenvalue weighted by Crippen LogP contribution is 2.35. The van der Waals surface area contributed by atoms with Crippen molar-refractivity contribution >= 4 is 22.9 Å². The second-order valence-corrected chi connectivity index (χ2v) is 6.41. The highest BCUT2D eigenvalue weighted by Gasteiger charge is 2.27. The van der Waals surface area contributed by atoms with Crippen LogP contribution in [0.2, 0.25) is 0 Å². The van der Waals surface area contributed by atoms with Gasteiger partial charge in [0.05, 0.1) is 20.4 Å². The largest absolute Gasteiger partial charge is 0.497 e. The van der Waals surface area contributed by atoms with E-state index in [2.05, 4.69) is 10.5 Å². The first-order valence-corrected chi connectivity index (χ1v) is 9.05. The predicted molar refractivity (Wildman–Crippen MR) is 109 cm³/mol. The van der Waals surface area contributed by atoms with Gasteiger partial charge in [-0.2, -0.15) is 5.10 Å². The molecule has 0 saturated heterocycles. The molecule has 1 amide bonds. The number of benzene rings is 3. The maximum atomic E-state index is 12.5. The lowest BCUT2D eigenvalue weighted by Crippen LogP contribution is -2.42. The Kier molecular flexibility index (Phi) is 5.20. The highest BCUT2D eigenvalue weighted by atomic mass is 16.6. The molecule has 29 heavy (non-hydrogen) atoms. The summed E-state index contributed by atoms with van der Waals surface area (Å²) in [6.45, 7) is 0.106. The molecule has 1 aliphatic heterocycles. The molecule has 0 bridgehead atoms. The van der Waals surface area contributed by atoms with Gasteiger partial charge in [0.15, 0.2) is 11.5 Å². The predicted octanol–water partition coefficient (Wildman–Crippen LogP) is 3.15. The Morgan fingerprint density at radius 3 is 2.55 bits per heavy atom. The summed E-state index contributed by atoms with van der Waals surface area (Å²) < 4.78 is 22.0. The fourth-order valence-electron chi connectivity index (χ4n) is 3.06. The van der Waals surface area contributed by atoms with E-state index in [0.29, 0.717) is 28.6 Å². The number of hydrogen-bond donors (Lipinski definition) is 1. The van der Waals surface area contributed by atoms with Gasteiger partial charge >= 0.3 is 0 Å². The lowest BCUT2D eigenvalue weighted by molar-refractivity contribution is -0.130. The van der Waals surface area contributed by atoms with Gasteiger partial charge in [-0.1, -0.05) is 24.3 Å². The molecule has 4 rings (SSSR count).